The van der Waals surface area contributed by atoms with E-state index in [4.69, 9.17) is 0 Å². The third-order valence-corrected chi connectivity index (χ3v) is 4.93. The van der Waals surface area contributed by atoms with E-state index < -0.39 is 0 Å². The maximum Gasteiger partial charge on any atom is 0.115 e. The van der Waals surface area contributed by atoms with Crippen molar-refractivity contribution in [2.45, 2.75) is 31.6 Å². The van der Waals surface area contributed by atoms with Crippen LogP contribution in [0, 0.1) is 5.92 Å². The predicted molar refractivity (Wildman–Crippen MR) is 89.4 cm³/mol. The van der Waals surface area contributed by atoms with Gasteiger partial charge in [0.25, 0.3) is 0 Å². The first-order valence-electron chi connectivity index (χ1n) is 8.03. The van der Waals surface area contributed by atoms with Gasteiger partial charge >= 0.3 is 0 Å². The lowest BCUT2D eigenvalue weighted by Gasteiger charge is -2.35. The molecule has 21 heavy (non-hydrogen) atoms. The highest BCUT2D eigenvalue weighted by atomic mass is 35.5. The Bertz CT molecular complexity index is 409. The average Bonchev–Trinajstić information content (AvgIpc) is 2.50. The van der Waals surface area contributed by atoms with Gasteiger partial charge in [0.1, 0.15) is 5.75 Å². The highest BCUT2D eigenvalue weighted by Crippen LogP contribution is 2.29. The van der Waals surface area contributed by atoms with E-state index in [2.05, 4.69) is 22.3 Å². The molecule has 2 N–H and O–H groups in total. The zero-order valence-corrected chi connectivity index (χ0v) is 13.4. The van der Waals surface area contributed by atoms with Crippen LogP contribution in [0.4, 0.5) is 0 Å². The number of aromatic hydroxyl groups is 1. The Labute approximate surface area is 134 Å². The summed E-state index contributed by atoms with van der Waals surface area (Å²) in [4.78, 5) is 2.66. The van der Waals surface area contributed by atoms with Gasteiger partial charge in [-0.15, -0.1) is 12.4 Å². The molecule has 2 fully saturated rings. The molecule has 0 aromatic heterocycles. The van der Waals surface area contributed by atoms with Gasteiger partial charge in [0.05, 0.1) is 0 Å². The van der Waals surface area contributed by atoms with Gasteiger partial charge < -0.3 is 15.3 Å². The van der Waals surface area contributed by atoms with Crippen LogP contribution in [0.3, 0.4) is 0 Å². The molecule has 4 heteroatoms. The minimum absolute atomic E-state index is 0. The number of phenols is 1. The van der Waals surface area contributed by atoms with Crippen molar-refractivity contribution < 1.29 is 5.11 Å². The number of rotatable bonds is 3. The maximum absolute atomic E-state index is 9.37. The number of likely N-dealkylation sites (tertiary alicyclic amines) is 1. The SMILES string of the molecule is Cl.Oc1ccc(C2CCN(CC3CCNCC3)CC2)cc1. The monoisotopic (exact) mass is 310 g/mol. The molecule has 0 radical (unpaired) electrons. The Morgan fingerprint density at radius 1 is 1.00 bits per heavy atom. The van der Waals surface area contributed by atoms with Crippen LogP contribution >= 0.6 is 12.4 Å². The molecule has 2 saturated heterocycles. The standard InChI is InChI=1S/C17H26N2O.ClH/c20-17-3-1-15(2-4-17)16-7-11-19(12-8-16)13-14-5-9-18-10-6-14;/h1-4,14,16,18,20H,5-13H2;1H. The van der Waals surface area contributed by atoms with Crippen molar-refractivity contribution in [2.24, 2.45) is 5.92 Å². The number of hydrogen-bond donors (Lipinski definition) is 2. The van der Waals surface area contributed by atoms with Crippen molar-refractivity contribution >= 4 is 12.4 Å². The molecule has 0 aliphatic carbocycles. The molecule has 0 spiro atoms. The van der Waals surface area contributed by atoms with Gasteiger partial charge in [-0.25, -0.2) is 0 Å². The fourth-order valence-electron chi connectivity index (χ4n) is 3.62. The molecular formula is C17H27ClN2O. The van der Waals surface area contributed by atoms with E-state index in [0.29, 0.717) is 11.7 Å². The largest absolute Gasteiger partial charge is 0.508 e. The first kappa shape index (κ1) is 16.6. The number of phenolic OH excluding ortho intramolecular Hbond substituents is 1. The molecule has 0 atom stereocenters. The van der Waals surface area contributed by atoms with Crippen molar-refractivity contribution in [3.8, 4) is 5.75 Å². The molecule has 2 heterocycles. The molecule has 0 saturated carbocycles. The van der Waals surface area contributed by atoms with Crippen molar-refractivity contribution in [3.05, 3.63) is 29.8 Å². The molecular weight excluding hydrogens is 284 g/mol. The fourth-order valence-corrected chi connectivity index (χ4v) is 3.62. The zero-order valence-electron chi connectivity index (χ0n) is 12.6. The second-order valence-electron chi connectivity index (χ2n) is 6.36. The molecule has 0 unspecified atom stereocenters. The molecule has 0 bridgehead atoms. The van der Waals surface area contributed by atoms with Crippen LogP contribution in [0.1, 0.15) is 37.2 Å². The van der Waals surface area contributed by atoms with E-state index >= 15 is 0 Å². The van der Waals surface area contributed by atoms with Crippen molar-refractivity contribution in [1.82, 2.24) is 10.2 Å². The second kappa shape index (κ2) is 8.02. The van der Waals surface area contributed by atoms with Crippen LogP contribution in [0.15, 0.2) is 24.3 Å². The third kappa shape index (κ3) is 4.60. The van der Waals surface area contributed by atoms with E-state index in [9.17, 15) is 5.11 Å². The van der Waals surface area contributed by atoms with E-state index in [1.807, 2.05) is 12.1 Å². The van der Waals surface area contributed by atoms with Crippen molar-refractivity contribution in [1.29, 1.82) is 0 Å². The average molecular weight is 311 g/mol. The number of piperidine rings is 2. The molecule has 2 aliphatic heterocycles. The number of halogens is 1. The van der Waals surface area contributed by atoms with Gasteiger partial charge in [0.15, 0.2) is 0 Å². The van der Waals surface area contributed by atoms with E-state index in [-0.39, 0.29) is 12.4 Å². The first-order chi connectivity index (χ1) is 9.81. The van der Waals surface area contributed by atoms with Gasteiger partial charge in [-0.3, -0.25) is 0 Å². The Hall–Kier alpha value is -0.770. The van der Waals surface area contributed by atoms with Crippen LogP contribution in [0.25, 0.3) is 0 Å². The number of nitrogens with zero attached hydrogens (tertiary/aromatic N) is 1. The molecule has 3 rings (SSSR count). The lowest BCUT2D eigenvalue weighted by Crippen LogP contribution is -2.39. The van der Waals surface area contributed by atoms with Gasteiger partial charge in [-0.1, -0.05) is 12.1 Å². The minimum atomic E-state index is 0. The summed E-state index contributed by atoms with van der Waals surface area (Å²) < 4.78 is 0. The smallest absolute Gasteiger partial charge is 0.115 e. The Morgan fingerprint density at radius 2 is 1.62 bits per heavy atom. The van der Waals surface area contributed by atoms with Crippen LogP contribution in [-0.4, -0.2) is 42.7 Å². The van der Waals surface area contributed by atoms with Gasteiger partial charge in [0, 0.05) is 6.54 Å². The van der Waals surface area contributed by atoms with Crippen molar-refractivity contribution in [3.63, 3.8) is 0 Å². The second-order valence-corrected chi connectivity index (χ2v) is 6.36. The highest BCUT2D eigenvalue weighted by Gasteiger charge is 2.23. The quantitative estimate of drug-likeness (QED) is 0.901. The maximum atomic E-state index is 9.37. The highest BCUT2D eigenvalue weighted by molar-refractivity contribution is 5.85. The summed E-state index contributed by atoms with van der Waals surface area (Å²) in [5, 5.41) is 12.8. The summed E-state index contributed by atoms with van der Waals surface area (Å²) in [6.07, 6.45) is 5.21. The number of benzene rings is 1. The first-order valence-corrected chi connectivity index (χ1v) is 8.03. The summed E-state index contributed by atoms with van der Waals surface area (Å²) in [6.45, 7) is 6.16. The zero-order chi connectivity index (χ0) is 13.8. The molecule has 1 aromatic carbocycles. The number of nitrogens with one attached hydrogen (secondary N) is 1. The van der Waals surface area contributed by atoms with Crippen LogP contribution < -0.4 is 5.32 Å². The molecule has 1 aromatic rings. The Morgan fingerprint density at radius 3 is 2.24 bits per heavy atom. The topological polar surface area (TPSA) is 35.5 Å². The van der Waals surface area contributed by atoms with E-state index in [1.54, 1.807) is 0 Å². The number of hydrogen-bond acceptors (Lipinski definition) is 3. The van der Waals surface area contributed by atoms with E-state index in [1.165, 1.54) is 64.0 Å². The van der Waals surface area contributed by atoms with E-state index in [0.717, 1.165) is 5.92 Å². The summed E-state index contributed by atoms with van der Waals surface area (Å²) in [6, 6.07) is 7.80. The van der Waals surface area contributed by atoms with Gasteiger partial charge in [0.2, 0.25) is 0 Å². The van der Waals surface area contributed by atoms with Gasteiger partial charge in [-0.05, 0) is 81.4 Å². The third-order valence-electron chi connectivity index (χ3n) is 4.93. The lowest BCUT2D eigenvalue weighted by atomic mass is 9.88. The molecule has 2 aliphatic rings. The minimum Gasteiger partial charge on any atom is -0.508 e. The summed E-state index contributed by atoms with van der Waals surface area (Å²) in [7, 11) is 0. The lowest BCUT2D eigenvalue weighted by molar-refractivity contribution is 0.167. The Balaban J connectivity index is 0.00000161. The molecule has 0 amide bonds. The van der Waals surface area contributed by atoms with Crippen molar-refractivity contribution in [2.75, 3.05) is 32.7 Å². The predicted octanol–water partition coefficient (Wildman–Crippen LogP) is 2.99. The van der Waals surface area contributed by atoms with Gasteiger partial charge in [-0.2, -0.15) is 0 Å². The Kier molecular flexibility index (Phi) is 6.34. The van der Waals surface area contributed by atoms with Crippen LogP contribution in [0.2, 0.25) is 0 Å². The summed E-state index contributed by atoms with van der Waals surface area (Å²) in [5.74, 6) is 1.96. The fraction of sp³-hybridized carbons (Fsp3) is 0.647. The molecule has 118 valence electrons. The normalized spacial score (nSPS) is 21.9. The van der Waals surface area contributed by atoms with Crippen LogP contribution in [-0.2, 0) is 0 Å². The van der Waals surface area contributed by atoms with Crippen LogP contribution in [0.5, 0.6) is 5.75 Å². The summed E-state index contributed by atoms with van der Waals surface area (Å²) in [5.41, 5.74) is 1.39. The molecule has 3 nitrogen and oxygen atoms in total. The summed E-state index contributed by atoms with van der Waals surface area (Å²) >= 11 is 0.